The van der Waals surface area contributed by atoms with E-state index in [9.17, 15) is 9.59 Å². The fraction of sp³-hybridized carbons (Fsp3) is 0.368. The third kappa shape index (κ3) is 5.08. The monoisotopic (exact) mass is 688 g/mol. The molecular formula is C38H38Cl2N2O2S2. The number of fused-ring (bicyclic) bond motifs is 6. The predicted octanol–water partition coefficient (Wildman–Crippen LogP) is 10.6. The predicted molar refractivity (Wildman–Crippen MR) is 198 cm³/mol. The number of amides is 2. The summed E-state index contributed by atoms with van der Waals surface area (Å²) in [5.41, 5.74) is 10.4. The van der Waals surface area contributed by atoms with Crippen molar-refractivity contribution < 1.29 is 9.59 Å². The van der Waals surface area contributed by atoms with Gasteiger partial charge in [0.25, 0.3) is 11.8 Å². The molecule has 238 valence electrons. The number of halogens is 2. The fourth-order valence-electron chi connectivity index (χ4n) is 7.50. The molecule has 4 heterocycles. The maximum Gasteiger partial charge on any atom is 0.258 e. The third-order valence-electron chi connectivity index (χ3n) is 9.52. The number of hydrogen-bond acceptors (Lipinski definition) is 4. The Labute approximate surface area is 288 Å². The second-order valence-electron chi connectivity index (χ2n) is 14.2. The highest BCUT2D eigenvalue weighted by atomic mass is 35.5. The van der Waals surface area contributed by atoms with Gasteiger partial charge in [-0.2, -0.15) is 0 Å². The summed E-state index contributed by atoms with van der Waals surface area (Å²) in [4.78, 5) is 31.9. The molecule has 0 saturated carbocycles. The molecule has 0 saturated heterocycles. The molecule has 0 radical (unpaired) electrons. The van der Waals surface area contributed by atoms with Crippen LogP contribution in [0.15, 0.2) is 47.2 Å². The third-order valence-corrected chi connectivity index (χ3v) is 12.7. The first-order chi connectivity index (χ1) is 21.9. The van der Waals surface area contributed by atoms with Crippen LogP contribution in [0.25, 0.3) is 20.2 Å². The van der Waals surface area contributed by atoms with Gasteiger partial charge in [0.1, 0.15) is 0 Å². The van der Waals surface area contributed by atoms with Crippen LogP contribution in [0.5, 0.6) is 0 Å². The van der Waals surface area contributed by atoms with Crippen LogP contribution in [0.4, 0.5) is 11.4 Å². The van der Waals surface area contributed by atoms with Gasteiger partial charge in [-0.05, 0) is 113 Å². The van der Waals surface area contributed by atoms with Gasteiger partial charge >= 0.3 is 0 Å². The van der Waals surface area contributed by atoms with Crippen LogP contribution in [-0.4, -0.2) is 36.7 Å². The highest BCUT2D eigenvalue weighted by Gasteiger charge is 2.37. The largest absolute Gasteiger partial charge is 0.307 e. The summed E-state index contributed by atoms with van der Waals surface area (Å²) in [6.45, 7) is 14.2. The zero-order valence-electron chi connectivity index (χ0n) is 27.1. The highest BCUT2D eigenvalue weighted by Crippen LogP contribution is 2.48. The lowest BCUT2D eigenvalue weighted by Gasteiger charge is -2.22. The van der Waals surface area contributed by atoms with Gasteiger partial charge < -0.3 is 9.80 Å². The number of hydrogen-bond donors (Lipinski definition) is 0. The molecule has 2 atom stereocenters. The summed E-state index contributed by atoms with van der Waals surface area (Å²) in [6.07, 6.45) is 0.919. The molecule has 0 N–H and O–H groups in total. The second kappa shape index (κ2) is 11.7. The quantitative estimate of drug-likeness (QED) is 0.172. The number of aryl methyl sites for hydroxylation is 3. The summed E-state index contributed by atoms with van der Waals surface area (Å²) < 4.78 is 2.58. The zero-order valence-corrected chi connectivity index (χ0v) is 30.2. The minimum absolute atomic E-state index is 0.0628. The Kier molecular flexibility index (Phi) is 8.03. The van der Waals surface area contributed by atoms with Crippen molar-refractivity contribution in [2.24, 2.45) is 5.41 Å². The van der Waals surface area contributed by atoms with E-state index in [4.69, 9.17) is 23.2 Å². The Hall–Kier alpha value is -2.90. The molecule has 2 amide bonds. The van der Waals surface area contributed by atoms with Crippen molar-refractivity contribution in [2.75, 3.05) is 34.6 Å². The Morgan fingerprint density at radius 3 is 1.67 bits per heavy atom. The molecule has 0 fully saturated rings. The average Bonchev–Trinajstić information content (AvgIpc) is 3.79. The SMILES string of the molecule is Cc1cc2c(c3c(C)csc13)[C@H](CCl)CN2C(=O)c1ccc(C(=O)N2C[C@@H](CCl)c3c2cc(CC(C)(C)C)c2scc(C)c32)cc1. The average molecular weight is 690 g/mol. The number of thiophene rings is 2. The molecule has 2 aromatic heterocycles. The highest BCUT2D eigenvalue weighted by molar-refractivity contribution is 7.18. The van der Waals surface area contributed by atoms with Gasteiger partial charge in [0, 0.05) is 79.4 Å². The van der Waals surface area contributed by atoms with Crippen molar-refractivity contribution in [3.05, 3.63) is 91.7 Å². The smallest absolute Gasteiger partial charge is 0.258 e. The van der Waals surface area contributed by atoms with Crippen LogP contribution in [0.1, 0.15) is 86.7 Å². The minimum atomic E-state index is -0.0737. The fourth-order valence-corrected chi connectivity index (χ4v) is 10.1. The van der Waals surface area contributed by atoms with Crippen molar-refractivity contribution >= 4 is 89.2 Å². The van der Waals surface area contributed by atoms with E-state index in [1.54, 1.807) is 46.9 Å². The van der Waals surface area contributed by atoms with Gasteiger partial charge in [0.15, 0.2) is 0 Å². The molecule has 5 aromatic rings. The van der Waals surface area contributed by atoms with Gasteiger partial charge in [0.05, 0.1) is 0 Å². The first-order valence-corrected chi connectivity index (χ1v) is 18.6. The van der Waals surface area contributed by atoms with E-state index >= 15 is 0 Å². The Balaban J connectivity index is 1.21. The number of anilines is 2. The molecule has 46 heavy (non-hydrogen) atoms. The number of nitrogens with zero attached hydrogens (tertiary/aromatic N) is 2. The molecule has 3 aromatic carbocycles. The summed E-state index contributed by atoms with van der Waals surface area (Å²) in [5, 5.41) is 6.91. The molecule has 7 rings (SSSR count). The van der Waals surface area contributed by atoms with Gasteiger partial charge in [-0.15, -0.1) is 45.9 Å². The lowest BCUT2D eigenvalue weighted by Crippen LogP contribution is -2.31. The number of carbonyl (C=O) groups is 2. The van der Waals surface area contributed by atoms with E-state index in [-0.39, 0.29) is 29.1 Å². The van der Waals surface area contributed by atoms with Crippen molar-refractivity contribution in [3.8, 4) is 0 Å². The molecule has 0 spiro atoms. The van der Waals surface area contributed by atoms with Crippen LogP contribution in [0.2, 0.25) is 0 Å². The van der Waals surface area contributed by atoms with Gasteiger partial charge in [-0.25, -0.2) is 0 Å². The topological polar surface area (TPSA) is 40.6 Å². The maximum atomic E-state index is 14.2. The molecule has 2 aliphatic rings. The van der Waals surface area contributed by atoms with Crippen molar-refractivity contribution in [1.29, 1.82) is 0 Å². The van der Waals surface area contributed by atoms with E-state index in [0.717, 1.165) is 17.8 Å². The molecule has 8 heteroatoms. The van der Waals surface area contributed by atoms with E-state index in [2.05, 4.69) is 64.4 Å². The number of carbonyl (C=O) groups excluding carboxylic acids is 2. The van der Waals surface area contributed by atoms with E-state index < -0.39 is 0 Å². The van der Waals surface area contributed by atoms with Crippen LogP contribution >= 0.6 is 45.9 Å². The Morgan fingerprint density at radius 2 is 1.20 bits per heavy atom. The molecule has 0 unspecified atom stereocenters. The van der Waals surface area contributed by atoms with Crippen LogP contribution < -0.4 is 9.80 Å². The standard InChI is InChI=1S/C38H38Cl2N2O2S2/c1-20-11-28-32(30-21(2)18-45-34(20)30)26(14-39)16-41(28)36(43)23-7-9-24(10-8-23)37(44)42-17-27(15-40)33-29(42)12-25(13-38(4,5)6)35-31(33)22(3)19-46-35/h7-12,18-19,26-27H,13-17H2,1-6H3/t26-,27-/m1/s1. The summed E-state index contributed by atoms with van der Waals surface area (Å²) in [5.74, 6) is 0.895. The van der Waals surface area contributed by atoms with Crippen LogP contribution in [-0.2, 0) is 6.42 Å². The van der Waals surface area contributed by atoms with Crippen molar-refractivity contribution in [3.63, 3.8) is 0 Å². The summed E-state index contributed by atoms with van der Waals surface area (Å²) in [6, 6.07) is 11.5. The number of rotatable bonds is 5. The van der Waals surface area contributed by atoms with Gasteiger partial charge in [-0.3, -0.25) is 9.59 Å². The van der Waals surface area contributed by atoms with E-state index in [1.165, 1.54) is 53.6 Å². The molecule has 0 bridgehead atoms. The van der Waals surface area contributed by atoms with E-state index in [1.807, 2.05) is 9.80 Å². The normalized spacial score (nSPS) is 17.7. The second-order valence-corrected chi connectivity index (χ2v) is 16.6. The first-order valence-electron chi connectivity index (χ1n) is 15.8. The number of alkyl halides is 2. The maximum absolute atomic E-state index is 14.2. The minimum Gasteiger partial charge on any atom is -0.307 e. The van der Waals surface area contributed by atoms with Gasteiger partial charge in [-0.1, -0.05) is 20.8 Å². The van der Waals surface area contributed by atoms with Crippen molar-refractivity contribution in [1.82, 2.24) is 0 Å². The Morgan fingerprint density at radius 1 is 0.739 bits per heavy atom. The van der Waals surface area contributed by atoms with Crippen LogP contribution in [0, 0.1) is 26.2 Å². The molecule has 0 aliphatic carbocycles. The lowest BCUT2D eigenvalue weighted by molar-refractivity contribution is 0.0977. The molecule has 4 nitrogen and oxygen atoms in total. The Bertz CT molecular complexity index is 2040. The zero-order chi connectivity index (χ0) is 32.7. The first kappa shape index (κ1) is 31.7. The molecule has 2 aliphatic heterocycles. The van der Waals surface area contributed by atoms with E-state index in [0.29, 0.717) is 36.0 Å². The molecular weight excluding hydrogens is 651 g/mol. The van der Waals surface area contributed by atoms with Crippen molar-refractivity contribution in [2.45, 2.75) is 59.8 Å². The summed E-state index contributed by atoms with van der Waals surface area (Å²) >= 11 is 16.6. The summed E-state index contributed by atoms with van der Waals surface area (Å²) in [7, 11) is 0. The lowest BCUT2D eigenvalue weighted by atomic mass is 9.86. The number of benzene rings is 3. The van der Waals surface area contributed by atoms with Crippen LogP contribution in [0.3, 0.4) is 0 Å². The van der Waals surface area contributed by atoms with Gasteiger partial charge in [0.2, 0.25) is 0 Å².